The summed E-state index contributed by atoms with van der Waals surface area (Å²) < 4.78 is 28.5. The highest BCUT2D eigenvalue weighted by molar-refractivity contribution is 9.10. The first-order valence-corrected chi connectivity index (χ1v) is 9.89. The predicted molar refractivity (Wildman–Crippen MR) is 98.3 cm³/mol. The maximum absolute atomic E-state index is 13.0. The Morgan fingerprint density at radius 3 is 1.87 bits per heavy atom. The molecular weight excluding hydrogens is 469 g/mol. The minimum Gasteiger partial charge on any atom is -0.279 e. The van der Waals surface area contributed by atoms with Gasteiger partial charge in [0, 0.05) is 8.95 Å². The van der Waals surface area contributed by atoms with Gasteiger partial charge in [0.25, 0.3) is 10.0 Å². The van der Waals surface area contributed by atoms with E-state index in [1.54, 1.807) is 36.4 Å². The van der Waals surface area contributed by atoms with Crippen molar-refractivity contribution in [2.75, 3.05) is 4.31 Å². The van der Waals surface area contributed by atoms with Gasteiger partial charge in [-0.05, 0) is 67.1 Å². The van der Waals surface area contributed by atoms with Gasteiger partial charge in [0.1, 0.15) is 6.04 Å². The maximum Gasteiger partial charge on any atom is 0.265 e. The van der Waals surface area contributed by atoms with Gasteiger partial charge in [-0.3, -0.25) is 9.10 Å². The molecule has 0 saturated heterocycles. The van der Waals surface area contributed by atoms with E-state index in [0.29, 0.717) is 5.69 Å². The average molecular weight is 482 g/mol. The molecule has 0 heterocycles. The summed E-state index contributed by atoms with van der Waals surface area (Å²) in [6.07, 6.45) is 0. The average Bonchev–Trinajstić information content (AvgIpc) is 2.49. The summed E-state index contributed by atoms with van der Waals surface area (Å²) in [7, 11) is -3.94. The number of hydrogen-bond acceptors (Lipinski definition) is 3. The lowest BCUT2D eigenvalue weighted by atomic mass is 10.3. The second-order valence-corrected chi connectivity index (χ2v) is 8.73. The van der Waals surface area contributed by atoms with E-state index < -0.39 is 21.3 Å². The van der Waals surface area contributed by atoms with Crippen LogP contribution < -0.4 is 4.31 Å². The van der Waals surface area contributed by atoms with Gasteiger partial charge in [0.05, 0.1) is 10.6 Å². The summed E-state index contributed by atoms with van der Waals surface area (Å²) in [5.74, 6) is 0. The van der Waals surface area contributed by atoms with Gasteiger partial charge in [-0.15, -0.1) is 0 Å². The van der Waals surface area contributed by atoms with Crippen molar-refractivity contribution in [3.63, 3.8) is 0 Å². The molecule has 23 heavy (non-hydrogen) atoms. The van der Waals surface area contributed by atoms with E-state index in [2.05, 4.69) is 31.9 Å². The number of rotatable bonds is 5. The molecule has 1 atom stereocenters. The van der Waals surface area contributed by atoms with Crippen LogP contribution in [0.5, 0.6) is 0 Å². The monoisotopic (exact) mass is 479 g/mol. The molecule has 8 heteroatoms. The summed E-state index contributed by atoms with van der Waals surface area (Å²) >= 11 is 12.1. The van der Waals surface area contributed by atoms with E-state index in [-0.39, 0.29) is 4.90 Å². The Balaban J connectivity index is 2.58. The molecule has 0 aliphatic heterocycles. The Morgan fingerprint density at radius 2 is 1.43 bits per heavy atom. The van der Waals surface area contributed by atoms with Gasteiger partial charge in [-0.25, -0.2) is 8.42 Å². The second kappa shape index (κ2) is 7.34. The smallest absolute Gasteiger partial charge is 0.265 e. The van der Waals surface area contributed by atoms with Gasteiger partial charge in [0.2, 0.25) is 5.24 Å². The van der Waals surface area contributed by atoms with Gasteiger partial charge in [0.15, 0.2) is 0 Å². The lowest BCUT2D eigenvalue weighted by molar-refractivity contribution is -0.112. The third-order valence-electron chi connectivity index (χ3n) is 3.13. The van der Waals surface area contributed by atoms with Crippen LogP contribution in [-0.2, 0) is 14.8 Å². The Hall–Kier alpha value is -0.890. The van der Waals surface area contributed by atoms with E-state index in [9.17, 15) is 13.2 Å². The Morgan fingerprint density at radius 1 is 1.00 bits per heavy atom. The van der Waals surface area contributed by atoms with Crippen LogP contribution in [0.4, 0.5) is 5.69 Å². The lowest BCUT2D eigenvalue weighted by Gasteiger charge is -2.28. The molecule has 0 aromatic heterocycles. The highest BCUT2D eigenvalue weighted by atomic mass is 79.9. The second-order valence-electron chi connectivity index (χ2n) is 4.71. The fourth-order valence-electron chi connectivity index (χ4n) is 1.97. The third kappa shape index (κ3) is 4.15. The summed E-state index contributed by atoms with van der Waals surface area (Å²) in [5.41, 5.74) is 0.359. The van der Waals surface area contributed by atoms with Crippen LogP contribution in [0, 0.1) is 0 Å². The molecule has 0 aliphatic rings. The molecule has 0 saturated carbocycles. The maximum atomic E-state index is 13.0. The number of carbonyl (C=O) groups is 1. The van der Waals surface area contributed by atoms with Crippen molar-refractivity contribution >= 4 is 64.4 Å². The van der Waals surface area contributed by atoms with Gasteiger partial charge < -0.3 is 0 Å². The molecule has 0 spiro atoms. The topological polar surface area (TPSA) is 54.5 Å². The molecule has 4 nitrogen and oxygen atoms in total. The van der Waals surface area contributed by atoms with Crippen molar-refractivity contribution in [3.05, 3.63) is 57.5 Å². The highest BCUT2D eigenvalue weighted by Gasteiger charge is 2.32. The zero-order chi connectivity index (χ0) is 17.2. The van der Waals surface area contributed by atoms with Crippen LogP contribution in [0.2, 0.25) is 0 Å². The molecular formula is C15H12Br2ClNO3S. The summed E-state index contributed by atoms with van der Waals surface area (Å²) in [5, 5.41) is -0.756. The van der Waals surface area contributed by atoms with Crippen molar-refractivity contribution in [2.45, 2.75) is 17.9 Å². The van der Waals surface area contributed by atoms with Crippen molar-refractivity contribution in [3.8, 4) is 0 Å². The lowest BCUT2D eigenvalue weighted by Crippen LogP contribution is -2.42. The van der Waals surface area contributed by atoms with Crippen LogP contribution in [0.3, 0.4) is 0 Å². The third-order valence-corrected chi connectivity index (χ3v) is 6.42. The van der Waals surface area contributed by atoms with Crippen molar-refractivity contribution in [1.82, 2.24) is 0 Å². The van der Waals surface area contributed by atoms with E-state index >= 15 is 0 Å². The molecule has 2 rings (SSSR count). The first-order valence-electron chi connectivity index (χ1n) is 6.48. The van der Waals surface area contributed by atoms with Crippen LogP contribution in [0.15, 0.2) is 62.4 Å². The number of anilines is 1. The van der Waals surface area contributed by atoms with Crippen molar-refractivity contribution in [2.24, 2.45) is 0 Å². The molecule has 0 amide bonds. The van der Waals surface area contributed by atoms with E-state index in [1.165, 1.54) is 19.1 Å². The van der Waals surface area contributed by atoms with Gasteiger partial charge >= 0.3 is 0 Å². The van der Waals surface area contributed by atoms with E-state index in [0.717, 1.165) is 13.3 Å². The van der Waals surface area contributed by atoms with Gasteiger partial charge in [-0.2, -0.15) is 0 Å². The van der Waals surface area contributed by atoms with Crippen LogP contribution in [0.25, 0.3) is 0 Å². The quantitative estimate of drug-likeness (QED) is 0.589. The van der Waals surface area contributed by atoms with Crippen LogP contribution in [0.1, 0.15) is 6.92 Å². The molecule has 2 aromatic rings. The first-order chi connectivity index (χ1) is 10.7. The molecule has 0 aliphatic carbocycles. The summed E-state index contributed by atoms with van der Waals surface area (Å²) in [6, 6.07) is 11.8. The molecule has 0 fully saturated rings. The summed E-state index contributed by atoms with van der Waals surface area (Å²) in [4.78, 5) is 11.7. The van der Waals surface area contributed by atoms with Crippen LogP contribution in [-0.4, -0.2) is 19.7 Å². The summed E-state index contributed by atoms with van der Waals surface area (Å²) in [6.45, 7) is 1.45. The van der Waals surface area contributed by atoms with E-state index in [4.69, 9.17) is 11.6 Å². The zero-order valence-corrected chi connectivity index (χ0v) is 16.7. The SMILES string of the molecule is CC(C(=O)Cl)N(c1ccc(Br)cc1)S(=O)(=O)c1ccc(Br)cc1. The minimum absolute atomic E-state index is 0.0772. The molecule has 0 radical (unpaired) electrons. The number of benzene rings is 2. The van der Waals surface area contributed by atoms with Crippen molar-refractivity contribution < 1.29 is 13.2 Å². The largest absolute Gasteiger partial charge is 0.279 e. The zero-order valence-electron chi connectivity index (χ0n) is 11.9. The number of hydrogen-bond donors (Lipinski definition) is 0. The number of carbonyl (C=O) groups excluding carboxylic acids is 1. The standard InChI is InChI=1S/C15H12Br2ClNO3S/c1-10(15(18)20)19(13-6-2-11(16)3-7-13)23(21,22)14-8-4-12(17)5-9-14/h2-10H,1H3. The van der Waals surface area contributed by atoms with Gasteiger partial charge in [-0.1, -0.05) is 31.9 Å². The normalized spacial score (nSPS) is 12.7. The molecule has 2 aromatic carbocycles. The fraction of sp³-hybridized carbons (Fsp3) is 0.133. The Bertz CT molecular complexity index is 808. The van der Waals surface area contributed by atoms with Crippen LogP contribution >= 0.6 is 43.5 Å². The number of sulfonamides is 1. The highest BCUT2D eigenvalue weighted by Crippen LogP contribution is 2.28. The molecule has 122 valence electrons. The molecule has 1 unspecified atom stereocenters. The Labute approximate surface area is 156 Å². The molecule has 0 N–H and O–H groups in total. The number of nitrogens with zero attached hydrogens (tertiary/aromatic N) is 1. The molecule has 0 bridgehead atoms. The number of halogens is 3. The first kappa shape index (κ1) is 18.4. The van der Waals surface area contributed by atoms with E-state index in [1.807, 2.05) is 0 Å². The van der Waals surface area contributed by atoms with Crippen molar-refractivity contribution in [1.29, 1.82) is 0 Å². The predicted octanol–water partition coefficient (Wildman–Crippen LogP) is 4.56. The Kier molecular flexibility index (Phi) is 5.89. The minimum atomic E-state index is -3.94. The fourth-order valence-corrected chi connectivity index (χ4v) is 4.27.